The van der Waals surface area contributed by atoms with E-state index in [1.807, 2.05) is 6.07 Å². The molecule has 0 spiro atoms. The molecule has 2 heterocycles. The molecule has 1 N–H and O–H groups in total. The predicted octanol–water partition coefficient (Wildman–Crippen LogP) is 3.14. The summed E-state index contributed by atoms with van der Waals surface area (Å²) in [7, 11) is -1.21. The van der Waals surface area contributed by atoms with Crippen LogP contribution in [0.15, 0.2) is 45.6 Å². The first kappa shape index (κ1) is 25.7. The molecule has 4 rings (SSSR count). The maximum absolute atomic E-state index is 15.2. The van der Waals surface area contributed by atoms with E-state index < -0.39 is 54.5 Å². The number of carbonyl (C=O) groups excluding carboxylic acids is 2. The number of aromatic nitrogens is 1. The van der Waals surface area contributed by atoms with Gasteiger partial charge in [-0.15, -0.1) is 0 Å². The first-order valence-electron chi connectivity index (χ1n) is 14.4. The van der Waals surface area contributed by atoms with Crippen LogP contribution in [0.1, 0.15) is 30.4 Å². The summed E-state index contributed by atoms with van der Waals surface area (Å²) in [4.78, 5) is 38.9. The number of nitrogens with one attached hydrogen (secondary N) is 1. The number of methoxy groups -OCH3 is 1. The summed E-state index contributed by atoms with van der Waals surface area (Å²) in [5.41, 5.74) is 1.43. The lowest BCUT2D eigenvalue weighted by Crippen LogP contribution is -2.49. The lowest BCUT2D eigenvalue weighted by molar-refractivity contribution is -0.134. The molecule has 41 heavy (non-hydrogen) atoms. The van der Waals surface area contributed by atoms with E-state index in [-0.39, 0.29) is 31.7 Å². The fourth-order valence-corrected chi connectivity index (χ4v) is 4.37. The van der Waals surface area contributed by atoms with Crippen LogP contribution >= 0.6 is 0 Å². The van der Waals surface area contributed by atoms with E-state index in [1.165, 1.54) is 16.7 Å². The van der Waals surface area contributed by atoms with Gasteiger partial charge >= 0.3 is 11.8 Å². The summed E-state index contributed by atoms with van der Waals surface area (Å²) in [6.45, 7) is 4.15. The van der Waals surface area contributed by atoms with Gasteiger partial charge in [0.25, 0.3) is 5.91 Å². The maximum atomic E-state index is 15.2. The van der Waals surface area contributed by atoms with Gasteiger partial charge in [-0.1, -0.05) is 18.2 Å². The first-order valence-corrected chi connectivity index (χ1v) is 12.9. The Morgan fingerprint density at radius 1 is 1.24 bits per heavy atom. The van der Waals surface area contributed by atoms with E-state index in [4.69, 9.17) is 22.7 Å². The number of aryl methyl sites for hydroxylation is 1. The molecule has 2 aromatic carbocycles. The lowest BCUT2D eigenvalue weighted by atomic mass is 10.00. The minimum atomic E-state index is -2.77. The van der Waals surface area contributed by atoms with Gasteiger partial charge in [0, 0.05) is 20.5 Å². The van der Waals surface area contributed by atoms with E-state index in [9.17, 15) is 19.6 Å². The molecule has 12 heteroatoms. The molecule has 3 aromatic rings. The summed E-state index contributed by atoms with van der Waals surface area (Å²) >= 11 is 0. The van der Waals surface area contributed by atoms with Gasteiger partial charge in [0.2, 0.25) is 0 Å². The van der Waals surface area contributed by atoms with Crippen LogP contribution in [0, 0.1) is 17.1 Å². The molecule has 0 radical (unpaired) electrons. The number of halogens is 1. The predicted molar refractivity (Wildman–Crippen MR) is 146 cm³/mol. The molecule has 1 saturated heterocycles. The third-order valence-corrected chi connectivity index (χ3v) is 6.48. The Labute approximate surface area is 240 Å². The second-order valence-electron chi connectivity index (χ2n) is 10.8. The number of nitriles is 1. The molecule has 1 aliphatic heterocycles. The number of hydrogen-bond acceptors (Lipinski definition) is 8. The Bertz CT molecular complexity index is 1640. The van der Waals surface area contributed by atoms with Crippen molar-refractivity contribution in [1.82, 2.24) is 14.8 Å². The van der Waals surface area contributed by atoms with E-state index in [0.29, 0.717) is 22.2 Å². The van der Waals surface area contributed by atoms with E-state index >= 15 is 4.39 Å². The Balaban J connectivity index is 1.46. The van der Waals surface area contributed by atoms with Crippen molar-refractivity contribution >= 4 is 23.1 Å². The van der Waals surface area contributed by atoms with Crippen molar-refractivity contribution in [2.24, 2.45) is 7.05 Å². The highest BCUT2D eigenvalue weighted by atomic mass is 19.1. The highest BCUT2D eigenvalue weighted by Crippen LogP contribution is 2.26. The van der Waals surface area contributed by atoms with E-state index in [1.54, 1.807) is 52.1 Å². The van der Waals surface area contributed by atoms with Crippen LogP contribution in [0.3, 0.4) is 0 Å². The number of rotatable bonds is 6. The molecule has 218 valence electrons. The number of fused-ring (bicyclic) bond motifs is 1. The molecule has 0 bridgehead atoms. The first-order chi connectivity index (χ1) is 20.5. The zero-order valence-corrected chi connectivity index (χ0v) is 23.1. The van der Waals surface area contributed by atoms with Crippen molar-refractivity contribution in [3.8, 4) is 17.2 Å². The number of oxazole rings is 1. The summed E-state index contributed by atoms with van der Waals surface area (Å²) in [5.74, 6) is -1.88. The topological polar surface area (TPSA) is 136 Å². The van der Waals surface area contributed by atoms with Crippen molar-refractivity contribution < 1.29 is 36.7 Å². The molecule has 0 aliphatic carbocycles. The molecule has 1 fully saturated rings. The third kappa shape index (κ3) is 7.11. The third-order valence-electron chi connectivity index (χ3n) is 6.48. The Morgan fingerprint density at radius 3 is 2.66 bits per heavy atom. The van der Waals surface area contributed by atoms with Crippen LogP contribution in [0.25, 0.3) is 22.2 Å². The van der Waals surface area contributed by atoms with Gasteiger partial charge in [0.15, 0.2) is 11.7 Å². The molecule has 2 amide bonds. The SMILES string of the molecule is [2H]C([2H])([2H])O[C@H]1CO[C@H](C(=O)N[C@H](C#N)Cc2ccc(-c3ccc4oc(=O)n(C)c4c3)cc2F)CN(C(=O)OC(C)(C)C)C1. The smallest absolute Gasteiger partial charge is 0.419 e. The maximum Gasteiger partial charge on any atom is 0.419 e. The zero-order valence-electron chi connectivity index (χ0n) is 26.1. The quantitative estimate of drug-likeness (QED) is 0.477. The molecule has 1 aliphatic rings. The number of benzene rings is 2. The molecule has 0 saturated carbocycles. The number of hydrogen-bond donors (Lipinski definition) is 1. The number of ether oxygens (including phenoxy) is 3. The molecular weight excluding hydrogens is 535 g/mol. The second kappa shape index (κ2) is 12.1. The van der Waals surface area contributed by atoms with Crippen molar-refractivity contribution in [1.29, 1.82) is 5.26 Å². The number of nitrogens with zero attached hydrogens (tertiary/aromatic N) is 3. The summed E-state index contributed by atoms with van der Waals surface area (Å²) in [6.07, 6.45) is -3.33. The van der Waals surface area contributed by atoms with Crippen molar-refractivity contribution in [3.63, 3.8) is 0 Å². The second-order valence-corrected chi connectivity index (χ2v) is 10.8. The zero-order chi connectivity index (χ0) is 32.4. The minimum Gasteiger partial charge on any atom is -0.444 e. The van der Waals surface area contributed by atoms with Crippen LogP contribution < -0.4 is 11.1 Å². The van der Waals surface area contributed by atoms with Crippen LogP contribution in [0.2, 0.25) is 0 Å². The Kier molecular flexibility index (Phi) is 7.61. The van der Waals surface area contributed by atoms with Crippen LogP contribution in [-0.4, -0.2) is 72.1 Å². The largest absolute Gasteiger partial charge is 0.444 e. The fourth-order valence-electron chi connectivity index (χ4n) is 4.37. The van der Waals surface area contributed by atoms with Gasteiger partial charge in [-0.05, 0) is 55.7 Å². The van der Waals surface area contributed by atoms with Crippen molar-refractivity contribution in [2.75, 3.05) is 26.7 Å². The van der Waals surface area contributed by atoms with Gasteiger partial charge in [0.1, 0.15) is 17.5 Å². The normalized spacial score (nSPS) is 19.8. The van der Waals surface area contributed by atoms with Gasteiger partial charge < -0.3 is 28.8 Å². The average molecular weight is 572 g/mol. The highest BCUT2D eigenvalue weighted by molar-refractivity contribution is 5.83. The molecular formula is C29H33FN4O7. The standard InChI is InChI=1S/C29H33FN4O7/c1-29(2,3)41-28(37)34-14-21(38-5)16-39-25(15-34)26(35)32-20(13-31)10-19-7-6-17(11-22(19)30)18-8-9-24-23(12-18)33(4)27(36)40-24/h6-9,11-12,20-21,25H,10,14-16H2,1-5H3,(H,32,35)/t20-,21+,25-/m0/s1/i5D3. The van der Waals surface area contributed by atoms with E-state index in [2.05, 4.69) is 5.32 Å². The van der Waals surface area contributed by atoms with Crippen LogP contribution in [0.4, 0.5) is 9.18 Å². The van der Waals surface area contributed by atoms with Gasteiger partial charge in [-0.25, -0.2) is 14.0 Å². The fraction of sp³-hybridized carbons (Fsp3) is 0.448. The lowest BCUT2D eigenvalue weighted by Gasteiger charge is -2.28. The summed E-state index contributed by atoms with van der Waals surface area (Å²) < 4.78 is 59.9. The van der Waals surface area contributed by atoms with Crippen molar-refractivity contribution in [2.45, 2.75) is 51.0 Å². The van der Waals surface area contributed by atoms with Crippen molar-refractivity contribution in [3.05, 3.63) is 58.3 Å². The monoisotopic (exact) mass is 571 g/mol. The minimum absolute atomic E-state index is 0.167. The summed E-state index contributed by atoms with van der Waals surface area (Å²) in [6, 6.07) is 10.3. The molecule has 11 nitrogen and oxygen atoms in total. The van der Waals surface area contributed by atoms with Crippen LogP contribution in [0.5, 0.6) is 0 Å². The van der Waals surface area contributed by atoms with Gasteiger partial charge in [-0.3, -0.25) is 9.36 Å². The van der Waals surface area contributed by atoms with Gasteiger partial charge in [-0.2, -0.15) is 5.26 Å². The number of carbonyl (C=O) groups is 2. The number of amides is 2. The summed E-state index contributed by atoms with van der Waals surface area (Å²) in [5, 5.41) is 12.3. The van der Waals surface area contributed by atoms with E-state index in [0.717, 1.165) is 4.90 Å². The molecule has 3 atom stereocenters. The average Bonchev–Trinajstić information content (AvgIpc) is 3.06. The molecule has 1 aromatic heterocycles. The van der Waals surface area contributed by atoms with Gasteiger partial charge in [0.05, 0.1) is 41.5 Å². The Morgan fingerprint density at radius 2 is 1.98 bits per heavy atom. The Hall–Kier alpha value is -4.21. The highest BCUT2D eigenvalue weighted by Gasteiger charge is 2.34. The molecule has 0 unspecified atom stereocenters. The van der Waals surface area contributed by atoms with Crippen LogP contribution in [-0.2, 0) is 32.5 Å².